The van der Waals surface area contributed by atoms with Crippen molar-refractivity contribution in [2.75, 3.05) is 13.2 Å². The van der Waals surface area contributed by atoms with Gasteiger partial charge in [-0.25, -0.2) is 0 Å². The highest BCUT2D eigenvalue weighted by molar-refractivity contribution is 5.70. The van der Waals surface area contributed by atoms with Gasteiger partial charge in [-0.05, 0) is 64.2 Å². The van der Waals surface area contributed by atoms with Crippen LogP contribution in [0, 0.1) is 0 Å². The summed E-state index contributed by atoms with van der Waals surface area (Å²) in [7, 11) is 0. The molecule has 1 atom stereocenters. The van der Waals surface area contributed by atoms with Gasteiger partial charge in [0.25, 0.3) is 0 Å². The second kappa shape index (κ2) is 70.6. The first kappa shape index (κ1) is 77.3. The molecule has 0 saturated heterocycles. The molecule has 1 unspecified atom stereocenters. The zero-order valence-electron chi connectivity index (χ0n) is 53.6. The Morgan fingerprint density at radius 3 is 0.812 bits per heavy atom. The van der Waals surface area contributed by atoms with Crippen LogP contribution in [0.2, 0.25) is 0 Å². The molecule has 80 heavy (non-hydrogen) atoms. The molecule has 5 nitrogen and oxygen atoms in total. The standard InChI is InChI=1S/C75H136O5/c1-3-5-7-9-11-13-15-17-19-21-23-25-27-29-31-33-35-36-37-38-40-42-44-46-48-50-52-54-56-58-60-62-64-66-68-70-75(78)80-73(71-76)72-79-74(77)69-67-65-63-61-59-57-55-53-51-49-47-45-43-41-39-34-32-30-28-26-24-22-20-18-16-14-12-10-8-6-4-2/h5,7,11,13,17,19,23,25,29,31,35-36,73,76H,3-4,6,8-10,12,14-16,18,20-22,24,26-28,30,32-34,37-72H2,1-2H3/b7-5-,13-11-,19-17-,25-23-,31-29-,36-35-. The van der Waals surface area contributed by atoms with Gasteiger partial charge in [0.1, 0.15) is 6.61 Å². The second-order valence-electron chi connectivity index (χ2n) is 23.9. The van der Waals surface area contributed by atoms with Gasteiger partial charge in [-0.15, -0.1) is 0 Å². The molecule has 0 amide bonds. The summed E-state index contributed by atoms with van der Waals surface area (Å²) in [6.45, 7) is 4.08. The Kier molecular flexibility index (Phi) is 68.3. The van der Waals surface area contributed by atoms with Crippen molar-refractivity contribution in [2.24, 2.45) is 0 Å². The maximum Gasteiger partial charge on any atom is 0.306 e. The number of ether oxygens (including phenoxy) is 2. The van der Waals surface area contributed by atoms with E-state index in [0.717, 1.165) is 70.6 Å². The lowest BCUT2D eigenvalue weighted by Crippen LogP contribution is -2.28. The lowest BCUT2D eigenvalue weighted by molar-refractivity contribution is -0.161. The Balaban J connectivity index is 3.42. The number of hydrogen-bond donors (Lipinski definition) is 1. The molecule has 0 rings (SSSR count). The summed E-state index contributed by atoms with van der Waals surface area (Å²) in [4.78, 5) is 24.7. The Morgan fingerprint density at radius 2 is 0.537 bits per heavy atom. The smallest absolute Gasteiger partial charge is 0.306 e. The molecular weight excluding hydrogens is 981 g/mol. The summed E-state index contributed by atoms with van der Waals surface area (Å²) in [5, 5.41) is 9.71. The fourth-order valence-electron chi connectivity index (χ4n) is 10.7. The molecule has 0 heterocycles. The highest BCUT2D eigenvalue weighted by Gasteiger charge is 2.16. The highest BCUT2D eigenvalue weighted by Crippen LogP contribution is 2.19. The van der Waals surface area contributed by atoms with Crippen LogP contribution in [0.15, 0.2) is 72.9 Å². The molecule has 0 aromatic heterocycles. The van der Waals surface area contributed by atoms with Crippen molar-refractivity contribution in [3.8, 4) is 0 Å². The van der Waals surface area contributed by atoms with E-state index in [1.807, 2.05) is 0 Å². The minimum absolute atomic E-state index is 0.0620. The van der Waals surface area contributed by atoms with Crippen LogP contribution in [0.1, 0.15) is 373 Å². The van der Waals surface area contributed by atoms with E-state index >= 15 is 0 Å². The molecule has 0 aromatic carbocycles. The predicted octanol–water partition coefficient (Wildman–Crippen LogP) is 24.7. The normalized spacial score (nSPS) is 12.6. The third-order valence-corrected chi connectivity index (χ3v) is 16.0. The van der Waals surface area contributed by atoms with E-state index in [9.17, 15) is 14.7 Å². The van der Waals surface area contributed by atoms with Gasteiger partial charge in [0.15, 0.2) is 6.10 Å². The summed E-state index contributed by atoms with van der Waals surface area (Å²) >= 11 is 0. The van der Waals surface area contributed by atoms with E-state index in [1.165, 1.54) is 276 Å². The van der Waals surface area contributed by atoms with E-state index < -0.39 is 6.10 Å². The minimum atomic E-state index is -0.773. The van der Waals surface area contributed by atoms with E-state index in [2.05, 4.69) is 86.8 Å². The molecule has 0 spiro atoms. The summed E-state index contributed by atoms with van der Waals surface area (Å²) in [5.41, 5.74) is 0. The number of aliphatic hydroxyl groups is 1. The second-order valence-corrected chi connectivity index (χ2v) is 23.9. The molecular formula is C75H136O5. The first-order valence-corrected chi connectivity index (χ1v) is 35.5. The predicted molar refractivity (Wildman–Crippen MR) is 353 cm³/mol. The Hall–Kier alpha value is -2.66. The lowest BCUT2D eigenvalue weighted by Gasteiger charge is -2.15. The van der Waals surface area contributed by atoms with Crippen LogP contribution in [-0.4, -0.2) is 36.4 Å². The molecule has 0 bridgehead atoms. The van der Waals surface area contributed by atoms with Crippen LogP contribution < -0.4 is 0 Å². The van der Waals surface area contributed by atoms with Gasteiger partial charge in [-0.2, -0.15) is 0 Å². The SMILES string of the molecule is CC/C=C\C/C=C\C/C=C\C/C=C\C/C=C\C/C=C\CCCCCCCCCCCCCCCCCCC(=O)OC(CO)COC(=O)CCCCCCCCCCCCCCCCCCCCCCCCCCCCCCCCC. The monoisotopic (exact) mass is 1120 g/mol. The maximum absolute atomic E-state index is 12.4. The summed E-state index contributed by atoms with van der Waals surface area (Å²) in [5.74, 6) is -0.571. The van der Waals surface area contributed by atoms with Crippen LogP contribution in [0.4, 0.5) is 0 Å². The van der Waals surface area contributed by atoms with Gasteiger partial charge >= 0.3 is 11.9 Å². The maximum atomic E-state index is 12.4. The van der Waals surface area contributed by atoms with Crippen molar-refractivity contribution in [1.82, 2.24) is 0 Å². The number of allylic oxidation sites excluding steroid dienone is 12. The first-order valence-electron chi connectivity index (χ1n) is 35.5. The van der Waals surface area contributed by atoms with Crippen molar-refractivity contribution < 1.29 is 24.2 Å². The molecule has 0 radical (unpaired) electrons. The van der Waals surface area contributed by atoms with Gasteiger partial charge in [0, 0.05) is 12.8 Å². The summed E-state index contributed by atoms with van der Waals surface area (Å²) in [6.07, 6.45) is 98.0. The quantitative estimate of drug-likeness (QED) is 0.0373. The zero-order chi connectivity index (χ0) is 57.6. The van der Waals surface area contributed by atoms with E-state index in [1.54, 1.807) is 0 Å². The zero-order valence-corrected chi connectivity index (χ0v) is 53.6. The van der Waals surface area contributed by atoms with Crippen molar-refractivity contribution >= 4 is 11.9 Å². The minimum Gasteiger partial charge on any atom is -0.462 e. The average Bonchev–Trinajstić information content (AvgIpc) is 3.46. The Bertz CT molecular complexity index is 1400. The van der Waals surface area contributed by atoms with Gasteiger partial charge < -0.3 is 14.6 Å². The highest BCUT2D eigenvalue weighted by atomic mass is 16.6. The Morgan fingerprint density at radius 1 is 0.300 bits per heavy atom. The van der Waals surface area contributed by atoms with E-state index in [4.69, 9.17) is 9.47 Å². The topological polar surface area (TPSA) is 72.8 Å². The van der Waals surface area contributed by atoms with Crippen LogP contribution >= 0.6 is 0 Å². The van der Waals surface area contributed by atoms with Gasteiger partial charge in [-0.1, -0.05) is 369 Å². The summed E-state index contributed by atoms with van der Waals surface area (Å²) < 4.78 is 10.8. The third-order valence-electron chi connectivity index (χ3n) is 16.0. The molecule has 5 heteroatoms. The van der Waals surface area contributed by atoms with E-state index in [-0.39, 0.29) is 25.2 Å². The fourth-order valence-corrected chi connectivity index (χ4v) is 10.7. The van der Waals surface area contributed by atoms with Crippen LogP contribution in [0.3, 0.4) is 0 Å². The largest absolute Gasteiger partial charge is 0.462 e. The molecule has 466 valence electrons. The van der Waals surface area contributed by atoms with Crippen molar-refractivity contribution in [2.45, 2.75) is 380 Å². The van der Waals surface area contributed by atoms with Gasteiger partial charge in [0.2, 0.25) is 0 Å². The number of hydrogen-bond acceptors (Lipinski definition) is 5. The third kappa shape index (κ3) is 67.8. The fraction of sp³-hybridized carbons (Fsp3) is 0.813. The molecule has 0 aliphatic heterocycles. The number of unbranched alkanes of at least 4 members (excludes halogenated alkanes) is 46. The summed E-state index contributed by atoms with van der Waals surface area (Å²) in [6, 6.07) is 0. The van der Waals surface area contributed by atoms with Crippen molar-refractivity contribution in [3.63, 3.8) is 0 Å². The van der Waals surface area contributed by atoms with Crippen LogP contribution in [-0.2, 0) is 19.1 Å². The van der Waals surface area contributed by atoms with E-state index in [0.29, 0.717) is 12.8 Å². The molecule has 0 fully saturated rings. The number of carbonyl (C=O) groups is 2. The Labute approximate surface area is 499 Å². The number of esters is 2. The van der Waals surface area contributed by atoms with Crippen molar-refractivity contribution in [1.29, 1.82) is 0 Å². The average molecular weight is 1120 g/mol. The lowest BCUT2D eigenvalue weighted by atomic mass is 10.0. The number of rotatable bonds is 66. The molecule has 0 aromatic rings. The molecule has 0 aliphatic carbocycles. The van der Waals surface area contributed by atoms with Gasteiger partial charge in [-0.3, -0.25) is 9.59 Å². The molecule has 0 aliphatic rings. The number of carbonyl (C=O) groups excluding carboxylic acids is 2. The number of aliphatic hydroxyl groups excluding tert-OH is 1. The van der Waals surface area contributed by atoms with Crippen LogP contribution in [0.25, 0.3) is 0 Å². The first-order chi connectivity index (χ1) is 39.6. The van der Waals surface area contributed by atoms with Crippen molar-refractivity contribution in [3.05, 3.63) is 72.9 Å². The van der Waals surface area contributed by atoms with Gasteiger partial charge in [0.05, 0.1) is 6.61 Å². The van der Waals surface area contributed by atoms with Crippen LogP contribution in [0.5, 0.6) is 0 Å². The molecule has 1 N–H and O–H groups in total. The molecule has 0 saturated carbocycles.